The third-order valence-electron chi connectivity index (χ3n) is 2.73. The van der Waals surface area contributed by atoms with Crippen molar-refractivity contribution in [2.45, 2.75) is 24.3 Å². The van der Waals surface area contributed by atoms with Gasteiger partial charge in [-0.05, 0) is 18.6 Å². The molecule has 82 valence electrons. The minimum atomic E-state index is -0.207. The van der Waals surface area contributed by atoms with Gasteiger partial charge in [-0.25, -0.2) is 0 Å². The van der Waals surface area contributed by atoms with E-state index in [1.54, 1.807) is 0 Å². The number of rotatable bonds is 3. The molecule has 0 unspecified atom stereocenters. The van der Waals surface area contributed by atoms with Crippen molar-refractivity contribution in [3.63, 3.8) is 0 Å². The summed E-state index contributed by atoms with van der Waals surface area (Å²) in [6.45, 7) is 3.82. The molecule has 2 rings (SSSR count). The Hall–Kier alpha value is -0.670. The zero-order chi connectivity index (χ0) is 10.7. The lowest BCUT2D eigenvalue weighted by Crippen LogP contribution is -2.35. The fourth-order valence-corrected chi connectivity index (χ4v) is 2.85. The number of para-hydroxylation sites is 1. The maximum absolute atomic E-state index is 9.69. The van der Waals surface area contributed by atoms with Gasteiger partial charge in [0.25, 0.3) is 0 Å². The molecule has 3 heteroatoms. The van der Waals surface area contributed by atoms with Gasteiger partial charge in [0.2, 0.25) is 0 Å². The van der Waals surface area contributed by atoms with Gasteiger partial charge in [-0.15, -0.1) is 11.8 Å². The summed E-state index contributed by atoms with van der Waals surface area (Å²) in [4.78, 5) is 3.63. The molecule has 1 aromatic rings. The number of fused-ring (bicyclic) bond motifs is 1. The Kier molecular flexibility index (Phi) is 3.54. The van der Waals surface area contributed by atoms with Crippen LogP contribution in [0.3, 0.4) is 0 Å². The minimum absolute atomic E-state index is 0.207. The maximum Gasteiger partial charge on any atom is 0.0712 e. The molecule has 1 aliphatic heterocycles. The first kappa shape index (κ1) is 10.8. The molecule has 1 heterocycles. The molecule has 0 aliphatic carbocycles. The quantitative estimate of drug-likeness (QED) is 0.851. The highest BCUT2D eigenvalue weighted by Gasteiger charge is 2.18. The fraction of sp³-hybridized carbons (Fsp3) is 0.500. The summed E-state index contributed by atoms with van der Waals surface area (Å²) in [5, 5.41) is 9.69. The van der Waals surface area contributed by atoms with E-state index in [9.17, 15) is 5.11 Å². The Morgan fingerprint density at radius 1 is 1.47 bits per heavy atom. The Labute approximate surface area is 95.3 Å². The molecular formula is C12H17NOS. The van der Waals surface area contributed by atoms with Crippen LogP contribution in [0.25, 0.3) is 0 Å². The Morgan fingerprint density at radius 2 is 2.27 bits per heavy atom. The van der Waals surface area contributed by atoms with Crippen molar-refractivity contribution in [2.24, 2.45) is 0 Å². The summed E-state index contributed by atoms with van der Waals surface area (Å²) in [5.74, 6) is 1.12. The first-order valence-corrected chi connectivity index (χ1v) is 6.44. The van der Waals surface area contributed by atoms with E-state index in [4.69, 9.17) is 0 Å². The number of hydrogen-bond donors (Lipinski definition) is 1. The van der Waals surface area contributed by atoms with Crippen molar-refractivity contribution < 1.29 is 5.11 Å². The van der Waals surface area contributed by atoms with Crippen molar-refractivity contribution in [1.29, 1.82) is 0 Å². The number of aliphatic hydroxyl groups excluding tert-OH is 1. The molecule has 0 amide bonds. The van der Waals surface area contributed by atoms with E-state index in [1.165, 1.54) is 10.6 Å². The van der Waals surface area contributed by atoms with Gasteiger partial charge in [0.1, 0.15) is 0 Å². The number of nitrogens with zero attached hydrogens (tertiary/aromatic N) is 1. The Morgan fingerprint density at radius 3 is 3.07 bits per heavy atom. The Balaban J connectivity index is 2.15. The highest BCUT2D eigenvalue weighted by molar-refractivity contribution is 7.99. The van der Waals surface area contributed by atoms with E-state index >= 15 is 0 Å². The second-order valence-electron chi connectivity index (χ2n) is 3.82. The second-order valence-corrected chi connectivity index (χ2v) is 4.96. The number of hydrogen-bond acceptors (Lipinski definition) is 3. The Bertz CT molecular complexity index is 329. The summed E-state index contributed by atoms with van der Waals surface area (Å²) >= 11 is 1.90. The molecule has 15 heavy (non-hydrogen) atoms. The molecular weight excluding hydrogens is 206 g/mol. The highest BCUT2D eigenvalue weighted by Crippen LogP contribution is 2.34. The van der Waals surface area contributed by atoms with Crippen LogP contribution in [-0.2, 0) is 0 Å². The molecule has 2 nitrogen and oxygen atoms in total. The second kappa shape index (κ2) is 4.90. The smallest absolute Gasteiger partial charge is 0.0712 e. The lowest BCUT2D eigenvalue weighted by atomic mass is 10.2. The predicted octanol–water partition coefficient (Wildman–Crippen LogP) is 2.37. The van der Waals surface area contributed by atoms with Crippen LogP contribution in [0.15, 0.2) is 29.2 Å². The van der Waals surface area contributed by atoms with E-state index in [1.807, 2.05) is 18.7 Å². The molecule has 1 atom stereocenters. The molecule has 1 N–H and O–H groups in total. The van der Waals surface area contributed by atoms with Gasteiger partial charge < -0.3 is 10.0 Å². The van der Waals surface area contributed by atoms with Gasteiger partial charge in [-0.1, -0.05) is 19.1 Å². The van der Waals surface area contributed by atoms with Crippen molar-refractivity contribution in [1.82, 2.24) is 0 Å². The van der Waals surface area contributed by atoms with E-state index in [0.29, 0.717) is 0 Å². The lowest BCUT2D eigenvalue weighted by molar-refractivity contribution is 0.176. The van der Waals surface area contributed by atoms with Gasteiger partial charge in [0, 0.05) is 23.7 Å². The van der Waals surface area contributed by atoms with Crippen LogP contribution in [0.2, 0.25) is 0 Å². The summed E-state index contributed by atoms with van der Waals surface area (Å²) in [6, 6.07) is 8.44. The molecule has 1 aliphatic rings. The topological polar surface area (TPSA) is 23.5 Å². The standard InChI is InChI=1S/C12H17NOS/c1-2-10(14)9-13-7-8-15-12-6-4-3-5-11(12)13/h3-6,10,14H,2,7-9H2,1H3/t10-/m1/s1. The zero-order valence-corrected chi connectivity index (χ0v) is 9.83. The van der Waals surface area contributed by atoms with Gasteiger partial charge >= 0.3 is 0 Å². The average Bonchev–Trinajstić information content (AvgIpc) is 2.29. The van der Waals surface area contributed by atoms with E-state index in [-0.39, 0.29) is 6.10 Å². The highest BCUT2D eigenvalue weighted by atomic mass is 32.2. The van der Waals surface area contributed by atoms with Gasteiger partial charge in [-0.3, -0.25) is 0 Å². The van der Waals surface area contributed by atoms with Crippen molar-refractivity contribution in [3.05, 3.63) is 24.3 Å². The monoisotopic (exact) mass is 223 g/mol. The van der Waals surface area contributed by atoms with E-state index in [0.717, 1.165) is 25.3 Å². The van der Waals surface area contributed by atoms with Crippen molar-refractivity contribution in [2.75, 3.05) is 23.7 Å². The van der Waals surface area contributed by atoms with Gasteiger partial charge in [0.15, 0.2) is 0 Å². The molecule has 0 bridgehead atoms. The lowest BCUT2D eigenvalue weighted by Gasteiger charge is -2.32. The predicted molar refractivity (Wildman–Crippen MR) is 65.7 cm³/mol. The largest absolute Gasteiger partial charge is 0.391 e. The van der Waals surface area contributed by atoms with Crippen LogP contribution in [0, 0.1) is 0 Å². The fourth-order valence-electron chi connectivity index (χ4n) is 1.80. The number of anilines is 1. The molecule has 0 radical (unpaired) electrons. The third-order valence-corrected chi connectivity index (χ3v) is 3.77. The van der Waals surface area contributed by atoms with Gasteiger partial charge in [0.05, 0.1) is 11.8 Å². The van der Waals surface area contributed by atoms with Crippen molar-refractivity contribution in [3.8, 4) is 0 Å². The summed E-state index contributed by atoms with van der Waals surface area (Å²) in [5.41, 5.74) is 1.28. The molecule has 0 saturated carbocycles. The van der Waals surface area contributed by atoms with Crippen LogP contribution in [0.5, 0.6) is 0 Å². The van der Waals surface area contributed by atoms with Crippen LogP contribution >= 0.6 is 11.8 Å². The molecule has 0 saturated heterocycles. The first-order valence-electron chi connectivity index (χ1n) is 5.46. The normalized spacial score (nSPS) is 17.3. The number of aliphatic hydroxyl groups is 1. The SMILES string of the molecule is CC[C@@H](O)CN1CCSc2ccccc21. The summed E-state index contributed by atoms with van der Waals surface area (Å²) in [6.07, 6.45) is 0.618. The number of β-amino-alcohol motifs (C(OH)–C–C–N with tert-alkyl or cyclic N) is 1. The van der Waals surface area contributed by atoms with E-state index < -0.39 is 0 Å². The summed E-state index contributed by atoms with van der Waals surface area (Å²) in [7, 11) is 0. The molecule has 1 aromatic carbocycles. The van der Waals surface area contributed by atoms with Crippen LogP contribution in [-0.4, -0.2) is 30.1 Å². The number of thioether (sulfide) groups is 1. The van der Waals surface area contributed by atoms with Gasteiger partial charge in [-0.2, -0.15) is 0 Å². The van der Waals surface area contributed by atoms with E-state index in [2.05, 4.69) is 29.2 Å². The first-order chi connectivity index (χ1) is 7.31. The van der Waals surface area contributed by atoms with Crippen LogP contribution in [0.1, 0.15) is 13.3 Å². The molecule has 0 aromatic heterocycles. The molecule has 0 fully saturated rings. The summed E-state index contributed by atoms with van der Waals surface area (Å²) < 4.78 is 0. The van der Waals surface area contributed by atoms with Crippen LogP contribution in [0.4, 0.5) is 5.69 Å². The molecule has 0 spiro atoms. The number of benzene rings is 1. The minimum Gasteiger partial charge on any atom is -0.391 e. The average molecular weight is 223 g/mol. The van der Waals surface area contributed by atoms with Crippen molar-refractivity contribution >= 4 is 17.4 Å². The third kappa shape index (κ3) is 2.47. The maximum atomic E-state index is 9.69. The zero-order valence-electron chi connectivity index (χ0n) is 9.02. The van der Waals surface area contributed by atoms with Crippen LogP contribution < -0.4 is 4.90 Å².